The number of aliphatic carboxylic acids is 1. The van der Waals surface area contributed by atoms with Crippen LogP contribution in [0.15, 0.2) is 48.5 Å². The van der Waals surface area contributed by atoms with Gasteiger partial charge in [0.05, 0.1) is 0 Å². The number of benzene rings is 2. The summed E-state index contributed by atoms with van der Waals surface area (Å²) in [5.41, 5.74) is 4.47. The Balaban J connectivity index is 1.43. The van der Waals surface area contributed by atoms with Crippen molar-refractivity contribution in [2.45, 2.75) is 57.5 Å². The summed E-state index contributed by atoms with van der Waals surface area (Å²) in [6.07, 6.45) is 0.897. The third-order valence-electron chi connectivity index (χ3n) is 7.00. The number of carboxylic acids is 1. The second-order valence-electron chi connectivity index (χ2n) is 9.47. The minimum atomic E-state index is -1.01. The Labute approximate surface area is 200 Å². The van der Waals surface area contributed by atoms with Crippen LogP contribution in [0.5, 0.6) is 0 Å². The minimum Gasteiger partial charge on any atom is -0.481 e. The SMILES string of the molecule is CC1CCN(C(=O)C(CCC(=O)O)NC(=O)OCC2c3ccccc3-c3ccccc32)C(C)C1. The van der Waals surface area contributed by atoms with Gasteiger partial charge in [-0.25, -0.2) is 4.79 Å². The number of rotatable bonds is 7. The van der Waals surface area contributed by atoms with Crippen LogP contribution in [0.2, 0.25) is 0 Å². The first-order valence-electron chi connectivity index (χ1n) is 12.0. The topological polar surface area (TPSA) is 95.9 Å². The molecule has 34 heavy (non-hydrogen) atoms. The molecular weight excluding hydrogens is 432 g/mol. The van der Waals surface area contributed by atoms with Gasteiger partial charge in [0.25, 0.3) is 0 Å². The summed E-state index contributed by atoms with van der Waals surface area (Å²) in [7, 11) is 0. The van der Waals surface area contributed by atoms with E-state index < -0.39 is 18.1 Å². The largest absolute Gasteiger partial charge is 0.481 e. The molecule has 7 nitrogen and oxygen atoms in total. The molecule has 2 aromatic carbocycles. The van der Waals surface area contributed by atoms with Crippen LogP contribution in [0.3, 0.4) is 0 Å². The lowest BCUT2D eigenvalue weighted by atomic mass is 9.92. The number of likely N-dealkylation sites (tertiary alicyclic amines) is 1. The molecule has 3 atom stereocenters. The molecule has 2 N–H and O–H groups in total. The molecule has 1 fully saturated rings. The highest BCUT2D eigenvalue weighted by Crippen LogP contribution is 2.44. The highest BCUT2D eigenvalue weighted by Gasteiger charge is 2.34. The molecule has 0 radical (unpaired) electrons. The molecule has 3 unspecified atom stereocenters. The van der Waals surface area contributed by atoms with Gasteiger partial charge in [-0.15, -0.1) is 0 Å². The highest BCUT2D eigenvalue weighted by molar-refractivity contribution is 5.86. The van der Waals surface area contributed by atoms with Crippen molar-refractivity contribution >= 4 is 18.0 Å². The Hall–Kier alpha value is -3.35. The molecule has 2 aliphatic rings. The lowest BCUT2D eigenvalue weighted by Gasteiger charge is -2.38. The fourth-order valence-electron chi connectivity index (χ4n) is 5.24. The molecule has 2 aromatic rings. The van der Waals surface area contributed by atoms with Crippen LogP contribution in [0.25, 0.3) is 11.1 Å². The summed E-state index contributed by atoms with van der Waals surface area (Å²) in [6, 6.07) is 15.3. The minimum absolute atomic E-state index is 0.0249. The lowest BCUT2D eigenvalue weighted by Crippen LogP contribution is -2.53. The van der Waals surface area contributed by atoms with Crippen molar-refractivity contribution in [3.63, 3.8) is 0 Å². The van der Waals surface area contributed by atoms with Gasteiger partial charge in [-0.1, -0.05) is 55.5 Å². The number of carbonyl (C=O) groups is 3. The van der Waals surface area contributed by atoms with E-state index in [1.165, 1.54) is 0 Å². The molecular formula is C27H32N2O5. The van der Waals surface area contributed by atoms with E-state index in [1.807, 2.05) is 43.3 Å². The van der Waals surface area contributed by atoms with E-state index in [4.69, 9.17) is 9.84 Å². The van der Waals surface area contributed by atoms with E-state index in [1.54, 1.807) is 4.90 Å². The number of amides is 2. The van der Waals surface area contributed by atoms with E-state index in [0.717, 1.165) is 35.1 Å². The standard InChI is InChI=1S/C27H32N2O5/c1-17-13-14-29(18(2)15-17)26(32)24(11-12-25(30)31)28-27(33)34-16-23-21-9-5-3-7-19(21)20-8-4-6-10-22(20)23/h3-10,17-18,23-24H,11-16H2,1-2H3,(H,28,33)(H,30,31). The molecule has 1 heterocycles. The lowest BCUT2D eigenvalue weighted by molar-refractivity contribution is -0.139. The summed E-state index contributed by atoms with van der Waals surface area (Å²) in [6.45, 7) is 4.90. The first-order chi connectivity index (χ1) is 16.3. The number of nitrogens with zero attached hydrogens (tertiary/aromatic N) is 1. The smallest absolute Gasteiger partial charge is 0.407 e. The first kappa shape index (κ1) is 23.8. The van der Waals surface area contributed by atoms with Crippen molar-refractivity contribution in [2.75, 3.05) is 13.2 Å². The van der Waals surface area contributed by atoms with Gasteiger partial charge in [0, 0.05) is 24.9 Å². The number of fused-ring (bicyclic) bond motifs is 3. The van der Waals surface area contributed by atoms with Gasteiger partial charge in [-0.2, -0.15) is 0 Å². The van der Waals surface area contributed by atoms with Crippen molar-refractivity contribution in [1.29, 1.82) is 0 Å². The molecule has 0 saturated carbocycles. The van der Waals surface area contributed by atoms with Crippen LogP contribution in [-0.4, -0.2) is 53.2 Å². The van der Waals surface area contributed by atoms with E-state index in [2.05, 4.69) is 24.4 Å². The zero-order valence-electron chi connectivity index (χ0n) is 19.7. The number of piperidine rings is 1. The number of nitrogens with one attached hydrogen (secondary N) is 1. The highest BCUT2D eigenvalue weighted by atomic mass is 16.5. The average Bonchev–Trinajstić information content (AvgIpc) is 3.13. The number of ether oxygens (including phenoxy) is 1. The zero-order valence-corrected chi connectivity index (χ0v) is 19.7. The normalized spacial score (nSPS) is 20.2. The van der Waals surface area contributed by atoms with Gasteiger partial charge in [-0.3, -0.25) is 9.59 Å². The molecule has 1 saturated heterocycles. The van der Waals surface area contributed by atoms with Crippen molar-refractivity contribution in [3.05, 3.63) is 59.7 Å². The Kier molecular flexibility index (Phi) is 7.20. The molecule has 0 bridgehead atoms. The Bertz CT molecular complexity index is 1020. The van der Waals surface area contributed by atoms with Crippen molar-refractivity contribution in [2.24, 2.45) is 5.92 Å². The monoisotopic (exact) mass is 464 g/mol. The summed E-state index contributed by atoms with van der Waals surface area (Å²) < 4.78 is 5.59. The molecule has 0 aromatic heterocycles. The molecule has 0 spiro atoms. The van der Waals surface area contributed by atoms with Crippen molar-refractivity contribution in [1.82, 2.24) is 10.2 Å². The fourth-order valence-corrected chi connectivity index (χ4v) is 5.24. The number of alkyl carbamates (subject to hydrolysis) is 1. The maximum atomic E-state index is 13.2. The second-order valence-corrected chi connectivity index (χ2v) is 9.47. The maximum Gasteiger partial charge on any atom is 0.407 e. The predicted molar refractivity (Wildman–Crippen MR) is 128 cm³/mol. The van der Waals surface area contributed by atoms with Gasteiger partial charge in [0.1, 0.15) is 12.6 Å². The van der Waals surface area contributed by atoms with Gasteiger partial charge in [0.2, 0.25) is 5.91 Å². The number of hydrogen-bond acceptors (Lipinski definition) is 4. The third kappa shape index (κ3) is 5.08. The summed E-state index contributed by atoms with van der Waals surface area (Å²) in [5, 5.41) is 11.8. The number of hydrogen-bond donors (Lipinski definition) is 2. The van der Waals surface area contributed by atoms with Crippen LogP contribution in [0.4, 0.5) is 4.79 Å². The van der Waals surface area contributed by atoms with Crippen LogP contribution in [-0.2, 0) is 14.3 Å². The zero-order chi connectivity index (χ0) is 24.2. The van der Waals surface area contributed by atoms with Crippen LogP contribution < -0.4 is 5.32 Å². The van der Waals surface area contributed by atoms with Gasteiger partial charge in [-0.05, 0) is 54.4 Å². The maximum absolute atomic E-state index is 13.2. The van der Waals surface area contributed by atoms with E-state index in [0.29, 0.717) is 12.5 Å². The van der Waals surface area contributed by atoms with E-state index in [9.17, 15) is 14.4 Å². The van der Waals surface area contributed by atoms with Gasteiger partial charge < -0.3 is 20.1 Å². The molecule has 180 valence electrons. The second kappa shape index (κ2) is 10.3. The van der Waals surface area contributed by atoms with Crippen LogP contribution in [0, 0.1) is 5.92 Å². The molecule has 1 aliphatic heterocycles. The van der Waals surface area contributed by atoms with E-state index in [-0.39, 0.29) is 37.3 Å². The molecule has 7 heteroatoms. The van der Waals surface area contributed by atoms with Crippen LogP contribution in [0.1, 0.15) is 56.6 Å². The Morgan fingerprint density at radius 2 is 1.68 bits per heavy atom. The summed E-state index contributed by atoms with van der Waals surface area (Å²) in [5.74, 6) is -0.803. The van der Waals surface area contributed by atoms with E-state index >= 15 is 0 Å². The molecule has 4 rings (SSSR count). The predicted octanol–water partition coefficient (Wildman–Crippen LogP) is 4.41. The molecule has 1 aliphatic carbocycles. The van der Waals surface area contributed by atoms with Crippen LogP contribution >= 0.6 is 0 Å². The summed E-state index contributed by atoms with van der Waals surface area (Å²) in [4.78, 5) is 38.9. The molecule has 2 amide bonds. The third-order valence-corrected chi connectivity index (χ3v) is 7.00. The summed E-state index contributed by atoms with van der Waals surface area (Å²) >= 11 is 0. The first-order valence-corrected chi connectivity index (χ1v) is 12.0. The fraction of sp³-hybridized carbons (Fsp3) is 0.444. The van der Waals surface area contributed by atoms with Gasteiger partial charge >= 0.3 is 12.1 Å². The number of carbonyl (C=O) groups excluding carboxylic acids is 2. The number of carboxylic acid groups (broad SMARTS) is 1. The Morgan fingerprint density at radius 1 is 1.06 bits per heavy atom. The Morgan fingerprint density at radius 3 is 2.26 bits per heavy atom. The average molecular weight is 465 g/mol. The van der Waals surface area contributed by atoms with Crippen molar-refractivity contribution < 1.29 is 24.2 Å². The van der Waals surface area contributed by atoms with Gasteiger partial charge in [0.15, 0.2) is 0 Å². The quantitative estimate of drug-likeness (QED) is 0.633. The van der Waals surface area contributed by atoms with Crippen molar-refractivity contribution in [3.8, 4) is 11.1 Å².